The predicted molar refractivity (Wildman–Crippen MR) is 118 cm³/mol. The summed E-state index contributed by atoms with van der Waals surface area (Å²) in [4.78, 5) is 4.35. The minimum Gasteiger partial charge on any atom is -0.394 e. The van der Waals surface area contributed by atoms with Crippen LogP contribution >= 0.6 is 11.6 Å². The average molecular weight is 478 g/mol. The molecular formula is C21H24ClN5O4S. The molecule has 3 aromatic rings. The number of aromatic nitrogens is 4. The van der Waals surface area contributed by atoms with Crippen molar-refractivity contribution in [1.29, 1.82) is 0 Å². The maximum absolute atomic E-state index is 12.7. The molecule has 1 aliphatic rings. The summed E-state index contributed by atoms with van der Waals surface area (Å²) < 4.78 is 35.8. The number of nitrogens with zero attached hydrogens (tertiary/aromatic N) is 4. The molecule has 3 heterocycles. The lowest BCUT2D eigenvalue weighted by atomic mass is 9.98. The van der Waals surface area contributed by atoms with Crippen molar-refractivity contribution >= 4 is 21.6 Å². The number of rotatable bonds is 8. The van der Waals surface area contributed by atoms with E-state index < -0.39 is 22.2 Å². The summed E-state index contributed by atoms with van der Waals surface area (Å²) in [6.45, 7) is 0.300. The third-order valence-corrected chi connectivity index (χ3v) is 7.08. The Hall–Kier alpha value is -2.37. The zero-order chi connectivity index (χ0) is 22.6. The van der Waals surface area contributed by atoms with Gasteiger partial charge in [0.1, 0.15) is 5.69 Å². The van der Waals surface area contributed by atoms with Gasteiger partial charge in [-0.3, -0.25) is 9.67 Å². The van der Waals surface area contributed by atoms with Crippen LogP contribution in [0, 0.1) is 0 Å². The van der Waals surface area contributed by atoms with Crippen molar-refractivity contribution in [3.05, 3.63) is 59.9 Å². The van der Waals surface area contributed by atoms with Gasteiger partial charge in [0.2, 0.25) is 10.0 Å². The van der Waals surface area contributed by atoms with Gasteiger partial charge in [-0.2, -0.15) is 0 Å². The fraction of sp³-hybridized carbons (Fsp3) is 0.381. The molecule has 1 aromatic carbocycles. The van der Waals surface area contributed by atoms with Gasteiger partial charge in [0.05, 0.1) is 41.6 Å². The molecule has 0 saturated carbocycles. The molecule has 32 heavy (non-hydrogen) atoms. The number of aryl methyl sites for hydroxylation is 1. The number of aliphatic hydroxyl groups excluding tert-OH is 1. The second-order valence-corrected chi connectivity index (χ2v) is 9.76. The highest BCUT2D eigenvalue weighted by molar-refractivity contribution is 7.89. The zero-order valence-corrected chi connectivity index (χ0v) is 18.8. The molecule has 3 atom stereocenters. The maximum Gasteiger partial charge on any atom is 0.240 e. The van der Waals surface area contributed by atoms with E-state index in [9.17, 15) is 13.5 Å². The van der Waals surface area contributed by atoms with Gasteiger partial charge in [-0.15, -0.1) is 5.10 Å². The lowest BCUT2D eigenvalue weighted by Crippen LogP contribution is -2.50. The van der Waals surface area contributed by atoms with Gasteiger partial charge in [0.25, 0.3) is 0 Å². The summed E-state index contributed by atoms with van der Waals surface area (Å²) in [7, 11) is -3.78. The fourth-order valence-electron chi connectivity index (χ4n) is 3.70. The van der Waals surface area contributed by atoms with Crippen LogP contribution < -0.4 is 4.72 Å². The predicted octanol–water partition coefficient (Wildman–Crippen LogP) is 2.27. The molecule has 1 saturated heterocycles. The molecule has 0 bridgehead atoms. The van der Waals surface area contributed by atoms with E-state index in [0.29, 0.717) is 36.5 Å². The van der Waals surface area contributed by atoms with Gasteiger partial charge < -0.3 is 9.84 Å². The Kier molecular flexibility index (Phi) is 7.17. The maximum atomic E-state index is 12.7. The number of halogens is 1. The van der Waals surface area contributed by atoms with Crippen LogP contribution in [0.5, 0.6) is 0 Å². The average Bonchev–Trinajstić information content (AvgIpc) is 3.28. The van der Waals surface area contributed by atoms with Crippen LogP contribution in [-0.2, 0) is 21.3 Å². The van der Waals surface area contributed by atoms with Gasteiger partial charge >= 0.3 is 0 Å². The first-order valence-electron chi connectivity index (χ1n) is 10.3. The van der Waals surface area contributed by atoms with Crippen molar-refractivity contribution in [2.24, 2.45) is 0 Å². The second-order valence-electron chi connectivity index (χ2n) is 7.61. The van der Waals surface area contributed by atoms with E-state index in [2.05, 4.69) is 20.0 Å². The van der Waals surface area contributed by atoms with Crippen molar-refractivity contribution in [1.82, 2.24) is 24.7 Å². The van der Waals surface area contributed by atoms with Crippen molar-refractivity contribution < 1.29 is 18.3 Å². The van der Waals surface area contributed by atoms with Crippen LogP contribution in [0.2, 0.25) is 5.02 Å². The van der Waals surface area contributed by atoms with E-state index in [1.54, 1.807) is 23.0 Å². The molecule has 1 aliphatic heterocycles. The van der Waals surface area contributed by atoms with Crippen LogP contribution in [-0.4, -0.2) is 58.4 Å². The Morgan fingerprint density at radius 2 is 2.06 bits per heavy atom. The lowest BCUT2D eigenvalue weighted by molar-refractivity contribution is -0.0891. The first-order chi connectivity index (χ1) is 15.4. The van der Waals surface area contributed by atoms with E-state index in [1.807, 2.05) is 24.4 Å². The van der Waals surface area contributed by atoms with Crippen molar-refractivity contribution in [3.63, 3.8) is 0 Å². The summed E-state index contributed by atoms with van der Waals surface area (Å²) >= 11 is 5.92. The molecule has 4 rings (SSSR count). The van der Waals surface area contributed by atoms with Crippen molar-refractivity contribution in [2.75, 3.05) is 6.61 Å². The number of pyridine rings is 1. The number of hydrogen-bond donors (Lipinski definition) is 2. The monoisotopic (exact) mass is 477 g/mol. The van der Waals surface area contributed by atoms with Crippen LogP contribution in [0.15, 0.2) is 59.8 Å². The number of hydrogen-bond acceptors (Lipinski definition) is 7. The lowest BCUT2D eigenvalue weighted by Gasteiger charge is -2.36. The Morgan fingerprint density at radius 1 is 1.19 bits per heavy atom. The molecule has 9 nitrogen and oxygen atoms in total. The summed E-state index contributed by atoms with van der Waals surface area (Å²) in [5.74, 6) is 0. The largest absolute Gasteiger partial charge is 0.394 e. The van der Waals surface area contributed by atoms with E-state index in [-0.39, 0.29) is 17.6 Å². The van der Waals surface area contributed by atoms with Gasteiger partial charge in [-0.25, -0.2) is 13.1 Å². The highest BCUT2D eigenvalue weighted by Crippen LogP contribution is 2.25. The summed E-state index contributed by atoms with van der Waals surface area (Å²) in [6.07, 6.45) is 4.64. The van der Waals surface area contributed by atoms with E-state index >= 15 is 0 Å². The van der Waals surface area contributed by atoms with Crippen LogP contribution in [0.3, 0.4) is 0 Å². The molecular weight excluding hydrogens is 454 g/mol. The Bertz CT molecular complexity index is 1140. The molecule has 0 amide bonds. The highest BCUT2D eigenvalue weighted by atomic mass is 35.5. The molecule has 2 aromatic heterocycles. The number of aliphatic hydroxyl groups is 1. The topological polar surface area (TPSA) is 119 Å². The minimum atomic E-state index is -3.78. The molecule has 11 heteroatoms. The zero-order valence-electron chi connectivity index (χ0n) is 17.2. The Morgan fingerprint density at radius 3 is 2.81 bits per heavy atom. The molecule has 0 aliphatic carbocycles. The second kappa shape index (κ2) is 10.1. The summed E-state index contributed by atoms with van der Waals surface area (Å²) in [5.41, 5.74) is 1.45. The summed E-state index contributed by atoms with van der Waals surface area (Å²) in [5, 5.41) is 18.4. The number of ether oxygens (including phenoxy) is 1. The molecule has 0 spiro atoms. The summed E-state index contributed by atoms with van der Waals surface area (Å²) in [6, 6.07) is 11.1. The van der Waals surface area contributed by atoms with Crippen LogP contribution in [0.4, 0.5) is 0 Å². The quantitative estimate of drug-likeness (QED) is 0.510. The number of nitrogens with one attached hydrogen (secondary N) is 1. The minimum absolute atomic E-state index is 0.0821. The number of benzene rings is 1. The Balaban J connectivity index is 1.33. The van der Waals surface area contributed by atoms with Gasteiger partial charge in [0.15, 0.2) is 0 Å². The van der Waals surface area contributed by atoms with E-state index in [4.69, 9.17) is 16.3 Å². The molecule has 0 unspecified atom stereocenters. The van der Waals surface area contributed by atoms with E-state index in [1.165, 1.54) is 12.1 Å². The van der Waals surface area contributed by atoms with Gasteiger partial charge in [-0.1, -0.05) is 28.9 Å². The fourth-order valence-corrected chi connectivity index (χ4v) is 5.30. The van der Waals surface area contributed by atoms with Gasteiger partial charge in [0, 0.05) is 17.8 Å². The normalized spacial score (nSPS) is 21.5. The number of sulfonamides is 1. The highest BCUT2D eigenvalue weighted by Gasteiger charge is 2.34. The first-order valence-corrected chi connectivity index (χ1v) is 12.2. The smallest absolute Gasteiger partial charge is 0.240 e. The van der Waals surface area contributed by atoms with Crippen molar-refractivity contribution in [2.45, 2.75) is 49.0 Å². The molecule has 2 N–H and O–H groups in total. The van der Waals surface area contributed by atoms with E-state index in [0.717, 1.165) is 5.69 Å². The van der Waals surface area contributed by atoms with Crippen LogP contribution in [0.1, 0.15) is 19.3 Å². The van der Waals surface area contributed by atoms with Crippen molar-refractivity contribution in [3.8, 4) is 11.4 Å². The molecule has 0 radical (unpaired) electrons. The first kappa shape index (κ1) is 22.8. The van der Waals surface area contributed by atoms with Crippen LogP contribution in [0.25, 0.3) is 11.4 Å². The standard InChI is InChI=1S/C21H24ClN5O4S/c22-15-4-3-5-17(12-15)32(29,30)25-19-8-7-16(31-21(19)14-28)9-11-27-13-20(24-26-27)18-6-1-2-10-23-18/h1-6,10,12-13,16,19,21,25,28H,7-9,11,14H2/t16-,19-,21-/m0/s1. The SMILES string of the molecule is O=S(=O)(N[C@H]1CC[C@@H](CCn2cc(-c3ccccn3)nn2)O[C@H]1CO)c1cccc(Cl)c1. The third kappa shape index (κ3) is 5.51. The molecule has 1 fully saturated rings. The Labute approximate surface area is 191 Å². The van der Waals surface area contributed by atoms with Gasteiger partial charge in [-0.05, 0) is 49.6 Å². The molecule has 170 valence electrons. The third-order valence-electron chi connectivity index (χ3n) is 5.35.